The van der Waals surface area contributed by atoms with Gasteiger partial charge in [0.1, 0.15) is 0 Å². The third-order valence-electron chi connectivity index (χ3n) is 5.27. The molecule has 8 bridgehead atoms. The van der Waals surface area contributed by atoms with Gasteiger partial charge in [-0.1, -0.05) is 0 Å². The zero-order valence-corrected chi connectivity index (χ0v) is 25.6. The summed E-state index contributed by atoms with van der Waals surface area (Å²) < 4.78 is 0. The Labute approximate surface area is 220 Å². The van der Waals surface area contributed by atoms with E-state index in [0.717, 1.165) is 23.0 Å². The van der Waals surface area contributed by atoms with Crippen LogP contribution in [-0.2, 0) is 23.0 Å². The quantitative estimate of drug-likeness (QED) is 0.173. The number of hydrogen-bond donors (Lipinski definition) is 0. The zero-order valence-electron chi connectivity index (χ0n) is 17.0. The molecule has 0 unspecified atom stereocenters. The topological polar surface area (TPSA) is 0 Å². The van der Waals surface area contributed by atoms with Crippen molar-refractivity contribution in [1.82, 2.24) is 0 Å². The molecule has 4 aromatic carbocycles. The van der Waals surface area contributed by atoms with Crippen LogP contribution < -0.4 is 0 Å². The van der Waals surface area contributed by atoms with Gasteiger partial charge >= 0.3 is 222 Å². The van der Waals surface area contributed by atoms with E-state index in [9.17, 15) is 0 Å². The molecule has 0 atom stereocenters. The summed E-state index contributed by atoms with van der Waals surface area (Å²) in [6.07, 6.45) is 0. The van der Waals surface area contributed by atoms with E-state index in [1.807, 2.05) is 40.1 Å². The van der Waals surface area contributed by atoms with Gasteiger partial charge in [0.05, 0.1) is 0 Å². The van der Waals surface area contributed by atoms with Gasteiger partial charge in [0.15, 0.2) is 0 Å². The van der Waals surface area contributed by atoms with Crippen LogP contribution in [0, 0.1) is 0 Å². The molecule has 0 radical (unpaired) electrons. The van der Waals surface area contributed by atoms with Gasteiger partial charge in [-0.15, -0.1) is 0 Å². The summed E-state index contributed by atoms with van der Waals surface area (Å²) in [5.41, 5.74) is 5.44. The Bertz CT molecular complexity index is 1060. The molecule has 0 spiro atoms. The molecule has 4 aromatic rings. The van der Waals surface area contributed by atoms with Crippen molar-refractivity contribution < 1.29 is 0 Å². The number of halogens is 2. The van der Waals surface area contributed by atoms with E-state index >= 15 is 0 Å². The van der Waals surface area contributed by atoms with E-state index in [2.05, 4.69) is 72.8 Å². The van der Waals surface area contributed by atoms with Crippen LogP contribution in [0.1, 0.15) is 22.3 Å². The molecule has 0 aromatic heterocycles. The molecule has 0 saturated heterocycles. The Morgan fingerprint density at radius 2 is 0.688 bits per heavy atom. The van der Waals surface area contributed by atoms with Crippen molar-refractivity contribution in [3.8, 4) is 0 Å². The normalized spacial score (nSPS) is 20.4. The summed E-state index contributed by atoms with van der Waals surface area (Å²) in [6, 6.07) is 27.3. The first kappa shape index (κ1) is 24.2. The molecule has 0 nitrogen and oxygen atoms in total. The summed E-state index contributed by atoms with van der Waals surface area (Å²) in [7, 11) is 21.4. The molecular weight excluding hydrogens is 637 g/mol. The number of hydrogen-bond acceptors (Lipinski definition) is 4. The fourth-order valence-corrected chi connectivity index (χ4v) is 21.4. The minimum absolute atomic E-state index is 0.988. The second-order valence-corrected chi connectivity index (χ2v) is 35.7. The number of rotatable bonds is 0. The summed E-state index contributed by atoms with van der Waals surface area (Å²) in [6.45, 7) is 0. The van der Waals surface area contributed by atoms with Crippen molar-refractivity contribution in [3.63, 3.8) is 0 Å². The predicted octanol–water partition coefficient (Wildman–Crippen LogP) is 9.09. The number of benzene rings is 4. The van der Waals surface area contributed by atoms with Gasteiger partial charge in [0.25, 0.3) is 0 Å². The third-order valence-corrected chi connectivity index (χ3v) is 28.9. The van der Waals surface area contributed by atoms with Crippen LogP contribution in [0.25, 0.3) is 21.5 Å². The van der Waals surface area contributed by atoms with E-state index in [1.165, 1.54) is 43.8 Å². The van der Waals surface area contributed by atoms with Crippen LogP contribution in [0.5, 0.6) is 0 Å². The second kappa shape index (κ2) is 11.5. The summed E-state index contributed by atoms with van der Waals surface area (Å²) >= 11 is -2.95. The molecular formula is C24H20As2Cl2S4. The van der Waals surface area contributed by atoms with Crippen LogP contribution in [0.15, 0.2) is 72.8 Å². The summed E-state index contributed by atoms with van der Waals surface area (Å²) in [5.74, 6) is 3.95. The van der Waals surface area contributed by atoms with Crippen LogP contribution >= 0.6 is 60.0 Å². The van der Waals surface area contributed by atoms with E-state index in [0.29, 0.717) is 0 Å². The second-order valence-electron chi connectivity index (χ2n) is 7.55. The molecule has 0 aliphatic carbocycles. The van der Waals surface area contributed by atoms with Crippen molar-refractivity contribution in [3.05, 3.63) is 95.1 Å². The Balaban J connectivity index is 1.40. The first-order chi connectivity index (χ1) is 15.6. The van der Waals surface area contributed by atoms with Crippen LogP contribution in [0.4, 0.5) is 0 Å². The Morgan fingerprint density at radius 3 is 0.938 bits per heavy atom. The SMILES string of the molecule is Cl[As]1SCc2ccc3cc(ccc3c2)CS[As](Cl)SCc2ccc3cc(ccc3c2)CS1. The Morgan fingerprint density at radius 1 is 0.438 bits per heavy atom. The molecule has 8 heteroatoms. The standard InChI is InChI=1S/C24H20As2Cl2S4/c27-25-29-13-17-1-5-21-10-18(2-6-22(21)9-17)14-31-26(28)32-16-20-4-8-23-11-19(15-30-25)3-7-24(23)12-20/h1-12H,13-16H2. The zero-order chi connectivity index (χ0) is 21.9. The van der Waals surface area contributed by atoms with E-state index in [4.69, 9.17) is 19.9 Å². The van der Waals surface area contributed by atoms with Crippen molar-refractivity contribution in [2.24, 2.45) is 0 Å². The average molecular weight is 657 g/mol. The monoisotopic (exact) mass is 656 g/mol. The van der Waals surface area contributed by atoms with Gasteiger partial charge < -0.3 is 0 Å². The fraction of sp³-hybridized carbons (Fsp3) is 0.167. The van der Waals surface area contributed by atoms with Crippen LogP contribution in [-0.4, -0.2) is 22.8 Å². The molecule has 0 amide bonds. The maximum absolute atomic E-state index is 6.79. The Kier molecular flexibility index (Phi) is 8.69. The summed E-state index contributed by atoms with van der Waals surface area (Å²) in [5, 5.41) is 5.25. The van der Waals surface area contributed by atoms with Gasteiger partial charge in [0.2, 0.25) is 0 Å². The third kappa shape index (κ3) is 6.38. The molecule has 8 aliphatic heterocycles. The fourth-order valence-electron chi connectivity index (χ4n) is 3.62. The van der Waals surface area contributed by atoms with Crippen LogP contribution in [0.3, 0.4) is 0 Å². The van der Waals surface area contributed by atoms with Gasteiger partial charge in [-0.05, 0) is 0 Å². The molecule has 0 N–H and O–H groups in total. The predicted molar refractivity (Wildman–Crippen MR) is 156 cm³/mol. The minimum atomic E-state index is -1.48. The van der Waals surface area contributed by atoms with E-state index in [1.54, 1.807) is 0 Å². The van der Waals surface area contributed by atoms with E-state index < -0.39 is 22.8 Å². The molecule has 8 heterocycles. The van der Waals surface area contributed by atoms with Crippen molar-refractivity contribution in [2.75, 3.05) is 0 Å². The van der Waals surface area contributed by atoms with Crippen molar-refractivity contribution >= 4 is 104 Å². The van der Waals surface area contributed by atoms with Gasteiger partial charge in [-0.2, -0.15) is 0 Å². The van der Waals surface area contributed by atoms with Gasteiger partial charge in [-0.3, -0.25) is 0 Å². The molecule has 164 valence electrons. The molecule has 32 heavy (non-hydrogen) atoms. The van der Waals surface area contributed by atoms with Gasteiger partial charge in [0, 0.05) is 0 Å². The average Bonchev–Trinajstić information content (AvgIpc) is 2.82. The van der Waals surface area contributed by atoms with Crippen molar-refractivity contribution in [2.45, 2.75) is 23.0 Å². The van der Waals surface area contributed by atoms with Crippen LogP contribution in [0.2, 0.25) is 0 Å². The van der Waals surface area contributed by atoms with Gasteiger partial charge in [-0.25, -0.2) is 0 Å². The first-order valence-corrected chi connectivity index (χ1v) is 28.0. The van der Waals surface area contributed by atoms with E-state index in [-0.39, 0.29) is 0 Å². The molecule has 8 aliphatic rings. The molecule has 0 saturated carbocycles. The maximum atomic E-state index is 6.79. The summed E-state index contributed by atoms with van der Waals surface area (Å²) in [4.78, 5) is 0. The molecule has 0 fully saturated rings. The first-order valence-electron chi connectivity index (χ1n) is 10.1. The molecule has 12 rings (SSSR count). The Hall–Kier alpha value is 0.497. The van der Waals surface area contributed by atoms with Crippen molar-refractivity contribution in [1.29, 1.82) is 0 Å².